The minimum absolute atomic E-state index is 0.0468. The molecule has 0 aromatic heterocycles. The van der Waals surface area contributed by atoms with Crippen LogP contribution in [0.5, 0.6) is 0 Å². The van der Waals surface area contributed by atoms with Crippen LogP contribution in [-0.4, -0.2) is 73.4 Å². The molecule has 0 fully saturated rings. The zero-order chi connectivity index (χ0) is 91.3. The topological polar surface area (TPSA) is 158 Å². The van der Waals surface area contributed by atoms with Crippen molar-refractivity contribution in [2.45, 2.75) is 682 Å². The lowest BCUT2D eigenvalue weighted by molar-refractivity contribution is -0.209. The summed E-state index contributed by atoms with van der Waals surface area (Å²) in [7, 11) is 0. The van der Waals surface area contributed by atoms with Gasteiger partial charge in [-0.15, -0.1) is 0 Å². The summed E-state index contributed by atoms with van der Waals surface area (Å²) in [5, 5.41) is 0. The third kappa shape index (κ3) is 92.7. The molecule has 0 radical (unpaired) electrons. The van der Waals surface area contributed by atoms with Gasteiger partial charge in [-0.2, -0.15) is 0 Å². The molecule has 0 heterocycles. The Morgan fingerprint density at radius 1 is 0.135 bits per heavy atom. The van der Waals surface area contributed by atoms with E-state index in [2.05, 4.69) is 41.5 Å². The van der Waals surface area contributed by atoms with Crippen LogP contribution in [0, 0.1) is 0 Å². The number of esters is 6. The van der Waals surface area contributed by atoms with Gasteiger partial charge in [0.1, 0.15) is 13.2 Å². The minimum atomic E-state index is -1.60. The fraction of sp³-hybridized carbons (Fsp3) is 0.947. The summed E-state index contributed by atoms with van der Waals surface area (Å²) in [5.41, 5.74) is 0. The number of ether oxygens (including phenoxy) is 6. The van der Waals surface area contributed by atoms with E-state index in [0.717, 1.165) is 128 Å². The van der Waals surface area contributed by atoms with Crippen molar-refractivity contribution < 1.29 is 57.2 Å². The van der Waals surface area contributed by atoms with Crippen LogP contribution in [0.1, 0.15) is 658 Å². The summed E-state index contributed by atoms with van der Waals surface area (Å²) < 4.78 is 38.9. The van der Waals surface area contributed by atoms with Gasteiger partial charge in [-0.3, -0.25) is 28.8 Å². The number of rotatable bonds is 107. The van der Waals surface area contributed by atoms with E-state index < -0.39 is 73.4 Å². The molecule has 0 saturated carbocycles. The van der Waals surface area contributed by atoms with Crippen molar-refractivity contribution in [1.29, 1.82) is 0 Å². The number of hydrogen-bond acceptors (Lipinski definition) is 12. The average Bonchev–Trinajstić information content (AvgIpc) is 0.821. The molecule has 4 atom stereocenters. The van der Waals surface area contributed by atoms with Crippen LogP contribution in [0.15, 0.2) is 0 Å². The molecule has 0 bridgehead atoms. The second-order valence-corrected chi connectivity index (χ2v) is 39.5. The van der Waals surface area contributed by atoms with Gasteiger partial charge in [0.2, 0.25) is 0 Å². The smallest absolute Gasteiger partial charge is 0.306 e. The Balaban J connectivity index is 7.41. The number of unbranched alkanes of at least 4 members (excludes halogenated alkanes) is 84. The van der Waals surface area contributed by atoms with E-state index in [4.69, 9.17) is 28.4 Å². The summed E-state index contributed by atoms with van der Waals surface area (Å²) in [4.78, 5) is 87.6. The number of carbonyl (C=O) groups is 6. The molecule has 12 nitrogen and oxygen atoms in total. The van der Waals surface area contributed by atoms with E-state index in [0.29, 0.717) is 38.5 Å². The van der Waals surface area contributed by atoms with Crippen LogP contribution in [0.4, 0.5) is 0 Å². The maximum Gasteiger partial charge on any atom is 0.306 e. The zero-order valence-electron chi connectivity index (χ0n) is 85.5. The maximum absolute atomic E-state index is 14.9. The van der Waals surface area contributed by atoms with Gasteiger partial charge < -0.3 is 28.4 Å². The predicted molar refractivity (Wildman–Crippen MR) is 539 cm³/mol. The first-order chi connectivity index (χ1) is 62.1. The molecule has 0 aliphatic heterocycles. The van der Waals surface area contributed by atoms with E-state index in [1.165, 1.54) is 411 Å². The summed E-state index contributed by atoms with van der Waals surface area (Å²) in [5.74, 6) is -3.18. The Morgan fingerprint density at radius 2 is 0.238 bits per heavy atom. The van der Waals surface area contributed by atoms with Crippen molar-refractivity contribution in [1.82, 2.24) is 0 Å². The maximum atomic E-state index is 14.9. The van der Waals surface area contributed by atoms with Crippen molar-refractivity contribution in [3.63, 3.8) is 0 Å². The largest absolute Gasteiger partial charge is 0.462 e. The second-order valence-electron chi connectivity index (χ2n) is 39.5. The van der Waals surface area contributed by atoms with Crippen molar-refractivity contribution in [2.24, 2.45) is 0 Å². The summed E-state index contributed by atoms with van der Waals surface area (Å²) >= 11 is 0. The molecule has 0 amide bonds. The Bertz CT molecular complexity index is 2080. The molecule has 0 unspecified atom stereocenters. The third-order valence-corrected chi connectivity index (χ3v) is 26.9. The van der Waals surface area contributed by atoms with E-state index in [-0.39, 0.29) is 38.5 Å². The number of hydrogen-bond donors (Lipinski definition) is 0. The van der Waals surface area contributed by atoms with Gasteiger partial charge in [-0.25, -0.2) is 0 Å². The molecule has 0 aromatic carbocycles. The minimum Gasteiger partial charge on any atom is -0.462 e. The highest BCUT2D eigenvalue weighted by molar-refractivity contribution is 5.73. The monoisotopic (exact) mass is 1780 g/mol. The molecule has 12 heteroatoms. The van der Waals surface area contributed by atoms with Gasteiger partial charge in [0, 0.05) is 38.5 Å². The van der Waals surface area contributed by atoms with E-state index in [1.54, 1.807) is 0 Å². The van der Waals surface area contributed by atoms with E-state index >= 15 is 0 Å². The molecule has 0 rings (SSSR count). The molecular formula is C114H218O12. The SMILES string of the molecule is CCCCCCCCCCCCCCCCCC(=O)OC[C@@H](OC(=O)CCCCCCCCCCCCCCCCC)[C@@H](OC(=O)CCCCCCCCCCCCCCCCC)[C@H](OC(=O)CCCCCCCCCCCCCCCCC)[C@@H](COC(=O)CCCCCCCCCCCCCCCCC)OC(=O)CCCCCCCCCCCCCCCCC. The Morgan fingerprint density at radius 3 is 0.365 bits per heavy atom. The van der Waals surface area contributed by atoms with Crippen LogP contribution in [0.2, 0.25) is 0 Å². The molecule has 746 valence electrons. The summed E-state index contributed by atoms with van der Waals surface area (Å²) in [6.45, 7) is 12.7. The first-order valence-corrected chi connectivity index (χ1v) is 57.2. The van der Waals surface area contributed by atoms with Crippen LogP contribution in [0.25, 0.3) is 0 Å². The van der Waals surface area contributed by atoms with Crippen LogP contribution >= 0.6 is 0 Å². The van der Waals surface area contributed by atoms with Crippen molar-refractivity contribution in [3.8, 4) is 0 Å². The van der Waals surface area contributed by atoms with E-state index in [1.807, 2.05) is 0 Å². The van der Waals surface area contributed by atoms with E-state index in [9.17, 15) is 28.8 Å². The highest BCUT2D eigenvalue weighted by Gasteiger charge is 2.46. The van der Waals surface area contributed by atoms with Gasteiger partial charge in [-0.1, -0.05) is 581 Å². The second kappa shape index (κ2) is 104. The van der Waals surface area contributed by atoms with Gasteiger partial charge in [0.15, 0.2) is 24.4 Å². The molecule has 0 aromatic rings. The van der Waals surface area contributed by atoms with Gasteiger partial charge in [-0.05, 0) is 38.5 Å². The lowest BCUT2D eigenvalue weighted by Crippen LogP contribution is -2.54. The quantitative estimate of drug-likeness (QED) is 0.0323. The van der Waals surface area contributed by atoms with Crippen LogP contribution in [-0.2, 0) is 57.2 Å². The van der Waals surface area contributed by atoms with Gasteiger partial charge >= 0.3 is 35.8 Å². The molecule has 0 N–H and O–H groups in total. The first-order valence-electron chi connectivity index (χ1n) is 57.2. The van der Waals surface area contributed by atoms with Gasteiger partial charge in [0.25, 0.3) is 0 Å². The molecule has 126 heavy (non-hydrogen) atoms. The zero-order valence-corrected chi connectivity index (χ0v) is 85.5. The predicted octanol–water partition coefficient (Wildman–Crippen LogP) is 37.3. The fourth-order valence-corrected chi connectivity index (χ4v) is 18.3. The molecule has 0 aliphatic carbocycles. The summed E-state index contributed by atoms with van der Waals surface area (Å²) in [6, 6.07) is 0. The highest BCUT2D eigenvalue weighted by atomic mass is 16.6. The molecule has 0 spiro atoms. The first kappa shape index (κ1) is 123. The lowest BCUT2D eigenvalue weighted by atomic mass is 10.0. The van der Waals surface area contributed by atoms with Gasteiger partial charge in [0.05, 0.1) is 0 Å². The van der Waals surface area contributed by atoms with Crippen molar-refractivity contribution in [3.05, 3.63) is 0 Å². The highest BCUT2D eigenvalue weighted by Crippen LogP contribution is 2.28. The van der Waals surface area contributed by atoms with Crippen molar-refractivity contribution in [2.75, 3.05) is 13.2 Å². The number of carbonyl (C=O) groups excluding carboxylic acids is 6. The van der Waals surface area contributed by atoms with Crippen LogP contribution in [0.3, 0.4) is 0 Å². The standard InChI is InChI=1S/C114H218O12/c1-7-13-19-25-31-37-43-49-55-61-67-73-79-85-91-97-107(115)121-103-105(123-109(117)99-93-87-81-75-69-63-57-51-45-39-33-27-21-15-9-3)113(125-111(119)101-95-89-83-77-71-65-59-53-47-41-35-29-23-17-11-5)114(126-112(120)102-96-90-84-78-72-66-60-54-48-42-36-30-24-18-12-6)106(124-110(118)100-94-88-82-76-70-64-58-52-46-40-34-28-22-16-10-4)104-122-108(116)98-92-86-80-74-68-62-56-50-44-38-32-26-20-14-8-2/h105-106,113-114H,7-104H2,1-6H3/t105-,106-,113-,114-/m1/s1. The lowest BCUT2D eigenvalue weighted by Gasteiger charge is -2.36. The Labute approximate surface area is 784 Å². The Hall–Kier alpha value is -3.18. The normalized spacial score (nSPS) is 12.5. The third-order valence-electron chi connectivity index (χ3n) is 26.9. The van der Waals surface area contributed by atoms with Crippen LogP contribution < -0.4 is 0 Å². The molecule has 0 aliphatic rings. The fourth-order valence-electron chi connectivity index (χ4n) is 18.3. The molecular weight excluding hydrogens is 1560 g/mol. The van der Waals surface area contributed by atoms with Crippen molar-refractivity contribution >= 4 is 35.8 Å². The average molecular weight is 1780 g/mol. The molecule has 0 saturated heterocycles. The Kier molecular flexibility index (Phi) is 101. The summed E-state index contributed by atoms with van der Waals surface area (Å²) in [6.07, 6.45) is 101.